The summed E-state index contributed by atoms with van der Waals surface area (Å²) in [5, 5.41) is 3.41. The Kier molecular flexibility index (Phi) is 5.78. The maximum Gasteiger partial charge on any atom is 0.136 e. The van der Waals surface area contributed by atoms with Crippen molar-refractivity contribution in [3.8, 4) is 0 Å². The van der Waals surface area contributed by atoms with Crippen molar-refractivity contribution in [1.82, 2.24) is 15.3 Å². The molecule has 0 saturated heterocycles. The molecule has 0 saturated carbocycles. The van der Waals surface area contributed by atoms with Gasteiger partial charge in [-0.25, -0.2) is 9.97 Å². The minimum Gasteiger partial charge on any atom is -0.359 e. The molecule has 0 fully saturated rings. The van der Waals surface area contributed by atoms with E-state index >= 15 is 0 Å². The predicted octanol–water partition coefficient (Wildman–Crippen LogP) is 2.30. The highest BCUT2D eigenvalue weighted by Gasteiger charge is 2.10. The highest BCUT2D eigenvalue weighted by atomic mass is 15.2. The standard InChI is InChI=1S/C14H24N4/c1-6-7-8-18(5)14-13(9-15-11(2)3)10-16-12(4)17-14/h6,10-11,15H,1,7-9H2,2-5H3. The lowest BCUT2D eigenvalue weighted by atomic mass is 10.2. The average molecular weight is 248 g/mol. The van der Waals surface area contributed by atoms with Gasteiger partial charge >= 0.3 is 0 Å². The molecule has 0 radical (unpaired) electrons. The zero-order valence-corrected chi connectivity index (χ0v) is 11.9. The first-order valence-corrected chi connectivity index (χ1v) is 6.42. The van der Waals surface area contributed by atoms with Gasteiger partial charge in [0.15, 0.2) is 0 Å². The Balaban J connectivity index is 2.84. The van der Waals surface area contributed by atoms with Crippen LogP contribution in [-0.2, 0) is 6.54 Å². The van der Waals surface area contributed by atoms with Crippen LogP contribution >= 0.6 is 0 Å². The van der Waals surface area contributed by atoms with E-state index in [1.807, 2.05) is 19.2 Å². The molecule has 0 spiro atoms. The maximum atomic E-state index is 4.54. The Morgan fingerprint density at radius 2 is 2.22 bits per heavy atom. The number of aryl methyl sites for hydroxylation is 1. The van der Waals surface area contributed by atoms with Crippen molar-refractivity contribution < 1.29 is 0 Å². The second-order valence-electron chi connectivity index (χ2n) is 4.80. The van der Waals surface area contributed by atoms with Crippen LogP contribution in [0.5, 0.6) is 0 Å². The van der Waals surface area contributed by atoms with Gasteiger partial charge in [0.1, 0.15) is 11.6 Å². The first kappa shape index (κ1) is 14.6. The Bertz CT molecular complexity index is 387. The van der Waals surface area contributed by atoms with Crippen molar-refractivity contribution in [3.63, 3.8) is 0 Å². The van der Waals surface area contributed by atoms with E-state index in [-0.39, 0.29) is 0 Å². The highest BCUT2D eigenvalue weighted by molar-refractivity contribution is 5.45. The molecule has 1 rings (SSSR count). The molecule has 18 heavy (non-hydrogen) atoms. The van der Waals surface area contributed by atoms with Crippen LogP contribution in [0.1, 0.15) is 31.7 Å². The highest BCUT2D eigenvalue weighted by Crippen LogP contribution is 2.16. The van der Waals surface area contributed by atoms with Crippen molar-refractivity contribution in [3.05, 3.63) is 30.2 Å². The Morgan fingerprint density at radius 3 is 2.83 bits per heavy atom. The van der Waals surface area contributed by atoms with Crippen molar-refractivity contribution in [2.45, 2.75) is 39.8 Å². The fourth-order valence-electron chi connectivity index (χ4n) is 1.64. The van der Waals surface area contributed by atoms with Gasteiger partial charge in [0.25, 0.3) is 0 Å². The number of rotatable bonds is 7. The van der Waals surface area contributed by atoms with E-state index in [1.54, 1.807) is 0 Å². The summed E-state index contributed by atoms with van der Waals surface area (Å²) in [6.45, 7) is 11.7. The number of hydrogen-bond donors (Lipinski definition) is 1. The Morgan fingerprint density at radius 1 is 1.50 bits per heavy atom. The zero-order chi connectivity index (χ0) is 13.5. The largest absolute Gasteiger partial charge is 0.359 e. The smallest absolute Gasteiger partial charge is 0.136 e. The molecule has 0 aliphatic heterocycles. The van der Waals surface area contributed by atoms with Gasteiger partial charge < -0.3 is 10.2 Å². The molecule has 0 bridgehead atoms. The monoisotopic (exact) mass is 248 g/mol. The minimum absolute atomic E-state index is 0.456. The predicted molar refractivity (Wildman–Crippen MR) is 76.8 cm³/mol. The van der Waals surface area contributed by atoms with Crippen LogP contribution in [0.15, 0.2) is 18.9 Å². The van der Waals surface area contributed by atoms with Crippen molar-refractivity contribution in [1.29, 1.82) is 0 Å². The molecule has 1 heterocycles. The molecule has 1 N–H and O–H groups in total. The summed E-state index contributed by atoms with van der Waals surface area (Å²) in [5.41, 5.74) is 1.14. The van der Waals surface area contributed by atoms with Crippen molar-refractivity contribution in [2.75, 3.05) is 18.5 Å². The second-order valence-corrected chi connectivity index (χ2v) is 4.80. The van der Waals surface area contributed by atoms with Crippen molar-refractivity contribution >= 4 is 5.82 Å². The summed E-state index contributed by atoms with van der Waals surface area (Å²) in [7, 11) is 2.06. The van der Waals surface area contributed by atoms with Gasteiger partial charge in [0.2, 0.25) is 0 Å². The molecule has 4 nitrogen and oxygen atoms in total. The maximum absolute atomic E-state index is 4.54. The molecule has 100 valence electrons. The molecule has 0 atom stereocenters. The molecule has 0 aromatic carbocycles. The van der Waals surface area contributed by atoms with Crippen LogP contribution in [0.25, 0.3) is 0 Å². The Hall–Kier alpha value is -1.42. The number of nitrogens with one attached hydrogen (secondary N) is 1. The number of nitrogens with zero attached hydrogens (tertiary/aromatic N) is 3. The van der Waals surface area contributed by atoms with Gasteiger partial charge in [-0.2, -0.15) is 0 Å². The quantitative estimate of drug-likeness (QED) is 0.752. The normalized spacial score (nSPS) is 10.7. The van der Waals surface area contributed by atoms with Gasteiger partial charge in [-0.15, -0.1) is 6.58 Å². The molecular formula is C14H24N4. The van der Waals surface area contributed by atoms with Crippen LogP contribution < -0.4 is 10.2 Å². The molecule has 0 aliphatic carbocycles. The number of hydrogen-bond acceptors (Lipinski definition) is 4. The third-order valence-corrected chi connectivity index (χ3v) is 2.69. The fraction of sp³-hybridized carbons (Fsp3) is 0.571. The summed E-state index contributed by atoms with van der Waals surface area (Å²) in [5.74, 6) is 1.82. The van der Waals surface area contributed by atoms with E-state index in [2.05, 4.69) is 47.7 Å². The number of aromatic nitrogens is 2. The topological polar surface area (TPSA) is 41.1 Å². The summed E-state index contributed by atoms with van der Waals surface area (Å²) < 4.78 is 0. The molecule has 1 aromatic heterocycles. The van der Waals surface area contributed by atoms with Gasteiger partial charge in [-0.05, 0) is 13.3 Å². The lowest BCUT2D eigenvalue weighted by Crippen LogP contribution is -2.26. The van der Waals surface area contributed by atoms with Crippen LogP contribution in [0.2, 0.25) is 0 Å². The minimum atomic E-state index is 0.456. The summed E-state index contributed by atoms with van der Waals surface area (Å²) in [6.07, 6.45) is 4.80. The first-order valence-electron chi connectivity index (χ1n) is 6.42. The van der Waals surface area contributed by atoms with E-state index in [4.69, 9.17) is 0 Å². The zero-order valence-electron chi connectivity index (χ0n) is 11.9. The SMILES string of the molecule is C=CCCN(C)c1nc(C)ncc1CNC(C)C. The van der Waals surface area contributed by atoms with E-state index in [0.29, 0.717) is 6.04 Å². The first-order chi connectivity index (χ1) is 8.54. The van der Waals surface area contributed by atoms with Crippen LogP contribution in [0, 0.1) is 6.92 Å². The third kappa shape index (κ3) is 4.45. The van der Waals surface area contributed by atoms with Gasteiger partial charge in [-0.3, -0.25) is 0 Å². The summed E-state index contributed by atoms with van der Waals surface area (Å²) >= 11 is 0. The number of anilines is 1. The second kappa shape index (κ2) is 7.11. The van der Waals surface area contributed by atoms with Crippen LogP contribution in [0.4, 0.5) is 5.82 Å². The van der Waals surface area contributed by atoms with Crippen LogP contribution in [-0.4, -0.2) is 29.6 Å². The van der Waals surface area contributed by atoms with E-state index in [0.717, 1.165) is 36.7 Å². The van der Waals surface area contributed by atoms with Crippen LogP contribution in [0.3, 0.4) is 0 Å². The van der Waals surface area contributed by atoms with E-state index in [9.17, 15) is 0 Å². The summed E-state index contributed by atoms with van der Waals surface area (Å²) in [6, 6.07) is 0.456. The molecule has 1 aromatic rings. The lowest BCUT2D eigenvalue weighted by Gasteiger charge is -2.21. The molecule has 0 aliphatic rings. The van der Waals surface area contributed by atoms with Crippen molar-refractivity contribution in [2.24, 2.45) is 0 Å². The molecular weight excluding hydrogens is 224 g/mol. The van der Waals surface area contributed by atoms with Gasteiger partial charge in [0.05, 0.1) is 0 Å². The van der Waals surface area contributed by atoms with Gasteiger partial charge in [0, 0.05) is 37.9 Å². The van der Waals surface area contributed by atoms with Gasteiger partial charge in [-0.1, -0.05) is 19.9 Å². The molecule has 0 unspecified atom stereocenters. The van der Waals surface area contributed by atoms with E-state index in [1.165, 1.54) is 0 Å². The Labute approximate surface area is 110 Å². The average Bonchev–Trinajstić information content (AvgIpc) is 2.34. The summed E-state index contributed by atoms with van der Waals surface area (Å²) in [4.78, 5) is 11.0. The molecule has 0 amide bonds. The molecule has 4 heteroatoms. The van der Waals surface area contributed by atoms with E-state index < -0.39 is 0 Å². The fourth-order valence-corrected chi connectivity index (χ4v) is 1.64. The third-order valence-electron chi connectivity index (χ3n) is 2.69. The lowest BCUT2D eigenvalue weighted by molar-refractivity contribution is 0.585.